The first-order valence-corrected chi connectivity index (χ1v) is 15.5. The van der Waals surface area contributed by atoms with E-state index in [1.165, 1.54) is 33.5 Å². The van der Waals surface area contributed by atoms with Crippen molar-refractivity contribution in [2.75, 3.05) is 37.6 Å². The van der Waals surface area contributed by atoms with Gasteiger partial charge in [0.15, 0.2) is 6.10 Å². The zero-order chi connectivity index (χ0) is 30.2. The Balaban J connectivity index is 1.26. The van der Waals surface area contributed by atoms with Gasteiger partial charge in [0.2, 0.25) is 10.0 Å². The summed E-state index contributed by atoms with van der Waals surface area (Å²) in [5, 5.41) is 0.320. The van der Waals surface area contributed by atoms with Crippen LogP contribution in [-0.2, 0) is 19.6 Å². The number of ether oxygens (including phenoxy) is 1. The van der Waals surface area contributed by atoms with Crippen LogP contribution in [0, 0.1) is 20.8 Å². The van der Waals surface area contributed by atoms with Crippen molar-refractivity contribution in [1.82, 2.24) is 9.21 Å². The number of carbonyl (C=O) groups is 3. The van der Waals surface area contributed by atoms with Crippen LogP contribution in [0.15, 0.2) is 65.6 Å². The molecule has 2 aliphatic heterocycles. The van der Waals surface area contributed by atoms with Gasteiger partial charge in [-0.15, -0.1) is 0 Å². The maximum Gasteiger partial charge on any atom is 0.339 e. The number of piperazine rings is 1. The fourth-order valence-electron chi connectivity index (χ4n) is 5.70. The number of rotatable bonds is 6. The number of sulfonamides is 1. The smallest absolute Gasteiger partial charge is 0.339 e. The van der Waals surface area contributed by atoms with Crippen LogP contribution in [-0.4, -0.2) is 74.2 Å². The topological polar surface area (TPSA) is 104 Å². The quantitative estimate of drug-likeness (QED) is 0.384. The van der Waals surface area contributed by atoms with Gasteiger partial charge in [-0.1, -0.05) is 47.5 Å². The average molecular weight is 610 g/mol. The number of carbonyl (C=O) groups excluding carboxylic acids is 3. The molecule has 0 saturated carbocycles. The van der Waals surface area contributed by atoms with E-state index < -0.39 is 28.0 Å². The molecule has 1 atom stereocenters. The first-order chi connectivity index (χ1) is 20.0. The van der Waals surface area contributed by atoms with Crippen LogP contribution in [0.4, 0.5) is 5.69 Å². The Morgan fingerprint density at radius 3 is 2.14 bits per heavy atom. The molecule has 2 aliphatic rings. The van der Waals surface area contributed by atoms with Crippen LogP contribution < -0.4 is 4.90 Å². The van der Waals surface area contributed by atoms with E-state index in [0.717, 1.165) is 22.4 Å². The highest BCUT2D eigenvalue weighted by molar-refractivity contribution is 7.89. The zero-order valence-corrected chi connectivity index (χ0v) is 25.2. The number of nitrogens with zero attached hydrogens (tertiary/aromatic N) is 3. The van der Waals surface area contributed by atoms with Gasteiger partial charge in [0.1, 0.15) is 0 Å². The second-order valence-corrected chi connectivity index (χ2v) is 13.0. The molecule has 0 aliphatic carbocycles. The second-order valence-electron chi connectivity index (χ2n) is 10.6. The number of benzene rings is 3. The lowest BCUT2D eigenvalue weighted by Crippen LogP contribution is -2.50. The maximum atomic E-state index is 13.5. The minimum atomic E-state index is -3.77. The number of hydrogen-bond acceptors (Lipinski definition) is 6. The Morgan fingerprint density at radius 1 is 0.857 bits per heavy atom. The highest BCUT2D eigenvalue weighted by Crippen LogP contribution is 2.31. The van der Waals surface area contributed by atoms with Crippen LogP contribution in [0.1, 0.15) is 43.8 Å². The van der Waals surface area contributed by atoms with E-state index >= 15 is 0 Å². The van der Waals surface area contributed by atoms with E-state index in [1.807, 2.05) is 32.9 Å². The van der Waals surface area contributed by atoms with Crippen molar-refractivity contribution in [3.8, 4) is 0 Å². The van der Waals surface area contributed by atoms with E-state index in [2.05, 4.69) is 0 Å². The van der Waals surface area contributed by atoms with Gasteiger partial charge < -0.3 is 14.5 Å². The van der Waals surface area contributed by atoms with Crippen molar-refractivity contribution in [3.05, 3.63) is 93.5 Å². The molecule has 2 heterocycles. The van der Waals surface area contributed by atoms with Crippen LogP contribution in [0.25, 0.3) is 0 Å². The van der Waals surface area contributed by atoms with Gasteiger partial charge in [-0.2, -0.15) is 4.31 Å². The molecule has 0 N–H and O–H groups in total. The maximum absolute atomic E-state index is 13.5. The van der Waals surface area contributed by atoms with Gasteiger partial charge in [0.25, 0.3) is 11.8 Å². The van der Waals surface area contributed by atoms with Crippen molar-refractivity contribution in [3.63, 3.8) is 0 Å². The molecule has 0 bridgehead atoms. The van der Waals surface area contributed by atoms with Gasteiger partial charge in [-0.3, -0.25) is 9.59 Å². The molecule has 11 heteroatoms. The summed E-state index contributed by atoms with van der Waals surface area (Å²) in [4.78, 5) is 43.3. The van der Waals surface area contributed by atoms with Crippen molar-refractivity contribution in [1.29, 1.82) is 0 Å². The molecule has 0 aromatic heterocycles. The van der Waals surface area contributed by atoms with Crippen LogP contribution in [0.2, 0.25) is 5.02 Å². The summed E-state index contributed by atoms with van der Waals surface area (Å²) in [6, 6.07) is 16.4. The number of hydrogen-bond donors (Lipinski definition) is 0. The van der Waals surface area contributed by atoms with Crippen molar-refractivity contribution >= 4 is 45.1 Å². The molecule has 3 aromatic carbocycles. The summed E-state index contributed by atoms with van der Waals surface area (Å²) >= 11 is 5.98. The van der Waals surface area contributed by atoms with Gasteiger partial charge >= 0.3 is 5.97 Å². The SMILES string of the molecule is Cc1cc(C)c(N2CCC(OC(=O)c3ccccc3C(=O)N3CCN(S(=O)(=O)c4cccc(Cl)c4)CC3)C2=O)c(C)c1. The Labute approximate surface area is 250 Å². The van der Waals surface area contributed by atoms with E-state index in [4.69, 9.17) is 16.3 Å². The zero-order valence-electron chi connectivity index (χ0n) is 23.7. The number of halogens is 1. The monoisotopic (exact) mass is 609 g/mol. The number of esters is 1. The number of anilines is 1. The third-order valence-electron chi connectivity index (χ3n) is 7.65. The van der Waals surface area contributed by atoms with E-state index in [9.17, 15) is 22.8 Å². The standard InChI is InChI=1S/C31H32ClN3O6S/c1-20-17-21(2)28(22(3)18-20)35-12-11-27(30(35)37)41-31(38)26-10-5-4-9-25(26)29(36)33-13-15-34(16-14-33)42(39,40)24-8-6-7-23(32)19-24/h4-10,17-19,27H,11-16H2,1-3H3. The molecule has 42 heavy (non-hydrogen) atoms. The summed E-state index contributed by atoms with van der Waals surface area (Å²) in [5.74, 6) is -1.45. The molecular formula is C31H32ClN3O6S. The van der Waals surface area contributed by atoms with Crippen LogP contribution >= 0.6 is 11.6 Å². The Kier molecular flexibility index (Phi) is 8.41. The van der Waals surface area contributed by atoms with E-state index in [-0.39, 0.29) is 48.1 Å². The normalized spacial score (nSPS) is 17.9. The van der Waals surface area contributed by atoms with Crippen LogP contribution in [0.3, 0.4) is 0 Å². The first-order valence-electron chi connectivity index (χ1n) is 13.7. The molecule has 2 amide bonds. The van der Waals surface area contributed by atoms with Crippen molar-refractivity contribution < 1.29 is 27.5 Å². The number of aryl methyl sites for hydroxylation is 3. The fourth-order valence-corrected chi connectivity index (χ4v) is 7.43. The molecular weight excluding hydrogens is 578 g/mol. The summed E-state index contributed by atoms with van der Waals surface area (Å²) in [6.07, 6.45) is -0.614. The lowest BCUT2D eigenvalue weighted by molar-refractivity contribution is -0.124. The Bertz CT molecular complexity index is 1640. The minimum Gasteiger partial charge on any atom is -0.449 e. The van der Waals surface area contributed by atoms with E-state index in [0.29, 0.717) is 18.0 Å². The fraction of sp³-hybridized carbons (Fsp3) is 0.323. The van der Waals surface area contributed by atoms with Gasteiger partial charge in [0, 0.05) is 49.9 Å². The molecule has 0 spiro atoms. The predicted molar refractivity (Wildman–Crippen MR) is 159 cm³/mol. The predicted octanol–water partition coefficient (Wildman–Crippen LogP) is 4.37. The number of amides is 2. The van der Waals surface area contributed by atoms with Crippen LogP contribution in [0.5, 0.6) is 0 Å². The lowest BCUT2D eigenvalue weighted by Gasteiger charge is -2.34. The van der Waals surface area contributed by atoms with Crippen molar-refractivity contribution in [2.45, 2.75) is 38.2 Å². The average Bonchev–Trinajstić information content (AvgIpc) is 3.31. The molecule has 1 unspecified atom stereocenters. The summed E-state index contributed by atoms with van der Waals surface area (Å²) in [7, 11) is -3.77. The highest BCUT2D eigenvalue weighted by atomic mass is 35.5. The van der Waals surface area contributed by atoms with E-state index in [1.54, 1.807) is 29.2 Å². The van der Waals surface area contributed by atoms with Crippen molar-refractivity contribution in [2.24, 2.45) is 0 Å². The minimum absolute atomic E-state index is 0.0606. The molecule has 3 aromatic rings. The van der Waals surface area contributed by atoms with Gasteiger partial charge in [-0.25, -0.2) is 13.2 Å². The second kappa shape index (κ2) is 11.9. The Hall–Kier alpha value is -3.73. The third-order valence-corrected chi connectivity index (χ3v) is 9.78. The molecule has 9 nitrogen and oxygen atoms in total. The summed E-state index contributed by atoms with van der Waals surface area (Å²) in [5.41, 5.74) is 4.09. The summed E-state index contributed by atoms with van der Waals surface area (Å²) < 4.78 is 33.1. The molecule has 2 saturated heterocycles. The largest absolute Gasteiger partial charge is 0.449 e. The molecule has 5 rings (SSSR count). The lowest BCUT2D eigenvalue weighted by atomic mass is 10.0. The third kappa shape index (κ3) is 5.79. The molecule has 2 fully saturated rings. The first kappa shape index (κ1) is 29.8. The molecule has 220 valence electrons. The highest BCUT2D eigenvalue weighted by Gasteiger charge is 2.38. The Morgan fingerprint density at radius 2 is 1.50 bits per heavy atom. The molecule has 0 radical (unpaired) electrons. The van der Waals surface area contributed by atoms with Gasteiger partial charge in [-0.05, 0) is 62.2 Å². The summed E-state index contributed by atoms with van der Waals surface area (Å²) in [6.45, 7) is 6.81. The van der Waals surface area contributed by atoms with Gasteiger partial charge in [0.05, 0.1) is 16.0 Å².